The summed E-state index contributed by atoms with van der Waals surface area (Å²) in [6, 6.07) is 8.16. The van der Waals surface area contributed by atoms with Crippen LogP contribution in [0.1, 0.15) is 18.5 Å². The second-order valence-electron chi connectivity index (χ2n) is 5.35. The predicted molar refractivity (Wildman–Crippen MR) is 78.5 cm³/mol. The average Bonchev–Trinajstić information content (AvgIpc) is 2.41. The Balaban J connectivity index is 1.70. The zero-order valence-electron chi connectivity index (χ0n) is 12.0. The Morgan fingerprint density at radius 3 is 2.37 bits per heavy atom. The van der Waals surface area contributed by atoms with Crippen LogP contribution in [0.3, 0.4) is 0 Å². The summed E-state index contributed by atoms with van der Waals surface area (Å²) in [6.45, 7) is 8.34. The maximum atomic E-state index is 5.82. The van der Waals surface area contributed by atoms with Gasteiger partial charge in [-0.3, -0.25) is 4.90 Å². The molecule has 0 bridgehead atoms. The van der Waals surface area contributed by atoms with Gasteiger partial charge in [0.1, 0.15) is 12.4 Å². The minimum Gasteiger partial charge on any atom is -0.492 e. The molecule has 1 fully saturated rings. The highest BCUT2D eigenvalue weighted by Crippen LogP contribution is 2.16. The minimum absolute atomic E-state index is 0.0828. The van der Waals surface area contributed by atoms with Crippen molar-refractivity contribution in [3.63, 3.8) is 0 Å². The van der Waals surface area contributed by atoms with Crippen LogP contribution in [0.4, 0.5) is 0 Å². The molecule has 1 atom stereocenters. The van der Waals surface area contributed by atoms with Crippen LogP contribution in [-0.4, -0.2) is 56.2 Å². The van der Waals surface area contributed by atoms with Crippen molar-refractivity contribution >= 4 is 0 Å². The lowest BCUT2D eigenvalue weighted by Gasteiger charge is -2.32. The summed E-state index contributed by atoms with van der Waals surface area (Å²) in [7, 11) is 2.17. The van der Waals surface area contributed by atoms with Crippen LogP contribution in [-0.2, 0) is 0 Å². The summed E-state index contributed by atoms with van der Waals surface area (Å²) >= 11 is 0. The molecule has 0 unspecified atom stereocenters. The molecule has 2 rings (SSSR count). The first-order chi connectivity index (χ1) is 9.15. The summed E-state index contributed by atoms with van der Waals surface area (Å²) in [5.41, 5.74) is 6.97. The second kappa shape index (κ2) is 6.89. The van der Waals surface area contributed by atoms with Gasteiger partial charge in [0.2, 0.25) is 0 Å². The van der Waals surface area contributed by atoms with Crippen molar-refractivity contribution in [1.82, 2.24) is 9.80 Å². The first kappa shape index (κ1) is 14.3. The van der Waals surface area contributed by atoms with E-state index >= 15 is 0 Å². The topological polar surface area (TPSA) is 41.7 Å². The molecule has 1 aliphatic heterocycles. The molecule has 0 radical (unpaired) electrons. The van der Waals surface area contributed by atoms with Gasteiger partial charge in [-0.05, 0) is 31.7 Å². The molecule has 106 valence electrons. The van der Waals surface area contributed by atoms with Gasteiger partial charge in [-0.1, -0.05) is 12.1 Å². The van der Waals surface area contributed by atoms with E-state index in [1.54, 1.807) is 0 Å². The number of nitrogens with two attached hydrogens (primary N) is 1. The highest BCUT2D eigenvalue weighted by molar-refractivity contribution is 5.28. The molecule has 1 aromatic carbocycles. The standard InChI is InChI=1S/C15H25N3O/c1-13(16)14-3-5-15(6-4-14)19-12-11-18-9-7-17(2)8-10-18/h3-6,13H,7-12,16H2,1-2H3/t13-/m0/s1. The van der Waals surface area contributed by atoms with Crippen molar-refractivity contribution in [1.29, 1.82) is 0 Å². The molecule has 4 nitrogen and oxygen atoms in total. The summed E-state index contributed by atoms with van der Waals surface area (Å²) in [5, 5.41) is 0. The highest BCUT2D eigenvalue weighted by Gasteiger charge is 2.13. The van der Waals surface area contributed by atoms with Crippen LogP contribution in [0.2, 0.25) is 0 Å². The van der Waals surface area contributed by atoms with Gasteiger partial charge >= 0.3 is 0 Å². The van der Waals surface area contributed by atoms with E-state index in [9.17, 15) is 0 Å². The second-order valence-corrected chi connectivity index (χ2v) is 5.35. The molecule has 0 spiro atoms. The van der Waals surface area contributed by atoms with E-state index in [1.165, 1.54) is 0 Å². The van der Waals surface area contributed by atoms with Crippen LogP contribution in [0.5, 0.6) is 5.75 Å². The number of hydrogen-bond acceptors (Lipinski definition) is 4. The smallest absolute Gasteiger partial charge is 0.119 e. The third-order valence-corrected chi connectivity index (χ3v) is 3.68. The van der Waals surface area contributed by atoms with Gasteiger partial charge < -0.3 is 15.4 Å². The normalized spacial score (nSPS) is 19.3. The van der Waals surface area contributed by atoms with Gasteiger partial charge in [-0.15, -0.1) is 0 Å². The van der Waals surface area contributed by atoms with Gasteiger partial charge in [-0.2, -0.15) is 0 Å². The molecule has 1 aromatic rings. The van der Waals surface area contributed by atoms with Crippen LogP contribution in [0.25, 0.3) is 0 Å². The molecular weight excluding hydrogens is 238 g/mol. The summed E-state index contributed by atoms with van der Waals surface area (Å²) in [6.07, 6.45) is 0. The number of ether oxygens (including phenoxy) is 1. The van der Waals surface area contributed by atoms with E-state index < -0.39 is 0 Å². The van der Waals surface area contributed by atoms with Crippen molar-refractivity contribution < 1.29 is 4.74 Å². The molecule has 1 aliphatic rings. The summed E-state index contributed by atoms with van der Waals surface area (Å²) in [4.78, 5) is 4.82. The van der Waals surface area contributed by atoms with Crippen LogP contribution in [0, 0.1) is 0 Å². The largest absolute Gasteiger partial charge is 0.492 e. The Morgan fingerprint density at radius 2 is 1.79 bits per heavy atom. The molecule has 2 N–H and O–H groups in total. The third-order valence-electron chi connectivity index (χ3n) is 3.68. The summed E-state index contributed by atoms with van der Waals surface area (Å²) < 4.78 is 5.77. The zero-order chi connectivity index (χ0) is 13.7. The van der Waals surface area contributed by atoms with E-state index in [0.29, 0.717) is 0 Å². The first-order valence-electron chi connectivity index (χ1n) is 7.04. The van der Waals surface area contributed by atoms with E-state index in [0.717, 1.165) is 50.6 Å². The SMILES string of the molecule is C[C@H](N)c1ccc(OCCN2CCN(C)CC2)cc1. The maximum absolute atomic E-state index is 5.82. The monoisotopic (exact) mass is 263 g/mol. The van der Waals surface area contributed by atoms with Gasteiger partial charge in [0.15, 0.2) is 0 Å². The lowest BCUT2D eigenvalue weighted by atomic mass is 10.1. The number of piperazine rings is 1. The molecule has 0 saturated carbocycles. The van der Waals surface area contributed by atoms with E-state index in [2.05, 4.69) is 16.8 Å². The number of benzene rings is 1. The fraction of sp³-hybridized carbons (Fsp3) is 0.600. The van der Waals surface area contributed by atoms with E-state index in [4.69, 9.17) is 10.5 Å². The molecule has 1 heterocycles. The number of hydrogen-bond donors (Lipinski definition) is 1. The first-order valence-corrected chi connectivity index (χ1v) is 7.04. The third kappa shape index (κ3) is 4.49. The number of nitrogens with zero attached hydrogens (tertiary/aromatic N) is 2. The Hall–Kier alpha value is -1.10. The van der Waals surface area contributed by atoms with Crippen LogP contribution < -0.4 is 10.5 Å². The summed E-state index contributed by atoms with van der Waals surface area (Å²) in [5.74, 6) is 0.929. The Labute approximate surface area is 116 Å². The van der Waals surface area contributed by atoms with Crippen LogP contribution >= 0.6 is 0 Å². The maximum Gasteiger partial charge on any atom is 0.119 e. The lowest BCUT2D eigenvalue weighted by Crippen LogP contribution is -2.45. The quantitative estimate of drug-likeness (QED) is 0.870. The van der Waals surface area contributed by atoms with Crippen molar-refractivity contribution in [3.8, 4) is 5.75 Å². The molecule has 0 aromatic heterocycles. The fourth-order valence-corrected chi connectivity index (χ4v) is 2.23. The average molecular weight is 263 g/mol. The Morgan fingerprint density at radius 1 is 1.16 bits per heavy atom. The predicted octanol–water partition coefficient (Wildman–Crippen LogP) is 1.33. The van der Waals surface area contributed by atoms with E-state index in [-0.39, 0.29) is 6.04 Å². The molecule has 19 heavy (non-hydrogen) atoms. The van der Waals surface area contributed by atoms with Gasteiger partial charge in [0.25, 0.3) is 0 Å². The van der Waals surface area contributed by atoms with Crippen molar-refractivity contribution in [3.05, 3.63) is 29.8 Å². The van der Waals surface area contributed by atoms with Gasteiger partial charge in [-0.25, -0.2) is 0 Å². The zero-order valence-corrected chi connectivity index (χ0v) is 12.0. The molecular formula is C15H25N3O. The van der Waals surface area contributed by atoms with Gasteiger partial charge in [0.05, 0.1) is 0 Å². The minimum atomic E-state index is 0.0828. The van der Waals surface area contributed by atoms with E-state index in [1.807, 2.05) is 31.2 Å². The van der Waals surface area contributed by atoms with Crippen molar-refractivity contribution in [2.24, 2.45) is 5.73 Å². The molecule has 4 heteroatoms. The number of rotatable bonds is 5. The molecule has 1 saturated heterocycles. The molecule has 0 amide bonds. The Kier molecular flexibility index (Phi) is 5.19. The van der Waals surface area contributed by atoms with Crippen LogP contribution in [0.15, 0.2) is 24.3 Å². The highest BCUT2D eigenvalue weighted by atomic mass is 16.5. The van der Waals surface area contributed by atoms with Gasteiger partial charge in [0, 0.05) is 38.8 Å². The number of likely N-dealkylation sites (N-methyl/N-ethyl adjacent to an activating group) is 1. The van der Waals surface area contributed by atoms with Crippen molar-refractivity contribution in [2.45, 2.75) is 13.0 Å². The van der Waals surface area contributed by atoms with Crippen molar-refractivity contribution in [2.75, 3.05) is 46.4 Å². The molecule has 0 aliphatic carbocycles. The lowest BCUT2D eigenvalue weighted by molar-refractivity contribution is 0.133. The Bertz CT molecular complexity index is 369. The fourth-order valence-electron chi connectivity index (χ4n) is 2.23.